The van der Waals surface area contributed by atoms with E-state index in [1.807, 2.05) is 44.7 Å². The van der Waals surface area contributed by atoms with Gasteiger partial charge in [0.15, 0.2) is 5.84 Å². The molecule has 0 aliphatic carbocycles. The number of aromatic nitrogens is 2. The number of amidine groups is 1. The van der Waals surface area contributed by atoms with Gasteiger partial charge in [0.1, 0.15) is 0 Å². The van der Waals surface area contributed by atoms with Gasteiger partial charge in [-0.05, 0) is 34.1 Å². The van der Waals surface area contributed by atoms with Crippen molar-refractivity contribution in [1.82, 2.24) is 9.78 Å². The van der Waals surface area contributed by atoms with Crippen LogP contribution >= 0.6 is 15.9 Å². The summed E-state index contributed by atoms with van der Waals surface area (Å²) in [6.45, 7) is 0.753. The summed E-state index contributed by atoms with van der Waals surface area (Å²) in [6.07, 6.45) is 3.83. The van der Waals surface area contributed by atoms with Crippen molar-refractivity contribution in [2.45, 2.75) is 6.54 Å². The Balaban J connectivity index is 2.18. The topological polar surface area (TPSA) is 79.7 Å². The molecule has 0 spiro atoms. The van der Waals surface area contributed by atoms with Crippen molar-refractivity contribution < 1.29 is 5.21 Å². The van der Waals surface area contributed by atoms with Crippen LogP contribution in [0.2, 0.25) is 0 Å². The number of benzene rings is 1. The van der Waals surface area contributed by atoms with Gasteiger partial charge < -0.3 is 15.8 Å². The number of aryl methyl sites for hydroxylation is 1. The molecular weight excluding hydrogens is 322 g/mol. The second-order valence-corrected chi connectivity index (χ2v) is 5.38. The molecule has 0 amide bonds. The van der Waals surface area contributed by atoms with E-state index in [9.17, 15) is 0 Å². The quantitative estimate of drug-likeness (QED) is 0.386. The van der Waals surface area contributed by atoms with Crippen molar-refractivity contribution in [1.29, 1.82) is 0 Å². The Morgan fingerprint density at radius 3 is 2.85 bits per heavy atom. The number of anilines is 1. The van der Waals surface area contributed by atoms with Crippen molar-refractivity contribution >= 4 is 27.5 Å². The zero-order valence-corrected chi connectivity index (χ0v) is 12.9. The molecule has 0 saturated carbocycles. The fourth-order valence-corrected chi connectivity index (χ4v) is 2.49. The summed E-state index contributed by atoms with van der Waals surface area (Å²) in [5.41, 5.74) is 8.41. The lowest BCUT2D eigenvalue weighted by atomic mass is 10.2. The number of halogens is 1. The fourth-order valence-electron chi connectivity index (χ4n) is 1.92. The first-order valence-electron chi connectivity index (χ1n) is 5.97. The normalized spacial score (nSPS) is 11.7. The van der Waals surface area contributed by atoms with Gasteiger partial charge in [0.25, 0.3) is 0 Å². The fraction of sp³-hybridized carbons (Fsp3) is 0.231. The van der Waals surface area contributed by atoms with E-state index in [0.717, 1.165) is 22.3 Å². The van der Waals surface area contributed by atoms with Crippen LogP contribution in [0.4, 0.5) is 5.69 Å². The maximum absolute atomic E-state index is 8.71. The highest BCUT2D eigenvalue weighted by atomic mass is 79.9. The predicted octanol–water partition coefficient (Wildman–Crippen LogP) is 1.91. The summed E-state index contributed by atoms with van der Waals surface area (Å²) in [4.78, 5) is 2.10. The van der Waals surface area contributed by atoms with E-state index < -0.39 is 0 Å². The number of nitrogens with zero attached hydrogens (tertiary/aromatic N) is 4. The van der Waals surface area contributed by atoms with Crippen LogP contribution in [0.25, 0.3) is 0 Å². The van der Waals surface area contributed by atoms with E-state index in [2.05, 4.69) is 31.1 Å². The lowest BCUT2D eigenvalue weighted by Crippen LogP contribution is -2.17. The summed E-state index contributed by atoms with van der Waals surface area (Å²) < 4.78 is 2.56. The summed E-state index contributed by atoms with van der Waals surface area (Å²) >= 11 is 3.43. The minimum absolute atomic E-state index is 0.0818. The van der Waals surface area contributed by atoms with E-state index in [4.69, 9.17) is 10.9 Å². The van der Waals surface area contributed by atoms with E-state index in [1.165, 1.54) is 0 Å². The second-order valence-electron chi connectivity index (χ2n) is 4.53. The van der Waals surface area contributed by atoms with Crippen LogP contribution in [0, 0.1) is 0 Å². The van der Waals surface area contributed by atoms with Crippen LogP contribution in [-0.4, -0.2) is 27.9 Å². The molecule has 0 aliphatic rings. The largest absolute Gasteiger partial charge is 0.409 e. The van der Waals surface area contributed by atoms with Crippen molar-refractivity contribution in [2.24, 2.45) is 17.9 Å². The minimum atomic E-state index is 0.0818. The third kappa shape index (κ3) is 3.11. The van der Waals surface area contributed by atoms with Gasteiger partial charge >= 0.3 is 0 Å². The molecule has 0 radical (unpaired) electrons. The predicted molar refractivity (Wildman–Crippen MR) is 82.0 cm³/mol. The number of nitrogens with two attached hydrogens (primary N) is 1. The van der Waals surface area contributed by atoms with Crippen LogP contribution in [0.15, 0.2) is 40.2 Å². The molecule has 1 aromatic carbocycles. The Morgan fingerprint density at radius 1 is 1.55 bits per heavy atom. The summed E-state index contributed by atoms with van der Waals surface area (Å²) in [7, 11) is 3.89. The Bertz CT molecular complexity index is 637. The molecule has 20 heavy (non-hydrogen) atoms. The average molecular weight is 338 g/mol. The molecule has 106 valence electrons. The van der Waals surface area contributed by atoms with E-state index >= 15 is 0 Å². The Hall–Kier alpha value is -2.02. The third-order valence-electron chi connectivity index (χ3n) is 2.96. The lowest BCUT2D eigenvalue weighted by Gasteiger charge is -2.19. The molecule has 1 aromatic heterocycles. The molecule has 7 heteroatoms. The standard InChI is InChI=1S/C13H16BrN5O/c1-18(7-9-6-16-19(2)8-9)10-3-4-11(12(14)5-10)13(15)17-20/h3-6,8,20H,7H2,1-2H3,(H2,15,17). The molecule has 0 atom stereocenters. The first-order valence-corrected chi connectivity index (χ1v) is 6.76. The van der Waals surface area contributed by atoms with Gasteiger partial charge in [0.2, 0.25) is 0 Å². The molecule has 3 N–H and O–H groups in total. The van der Waals surface area contributed by atoms with Crippen LogP contribution in [0.5, 0.6) is 0 Å². The Labute approximate surface area is 125 Å². The van der Waals surface area contributed by atoms with Gasteiger partial charge in [-0.3, -0.25) is 4.68 Å². The number of hydrogen-bond donors (Lipinski definition) is 2. The van der Waals surface area contributed by atoms with E-state index in [1.54, 1.807) is 4.68 Å². The highest BCUT2D eigenvalue weighted by Gasteiger charge is 2.09. The van der Waals surface area contributed by atoms with Crippen molar-refractivity contribution in [2.75, 3.05) is 11.9 Å². The molecule has 2 aromatic rings. The minimum Gasteiger partial charge on any atom is -0.409 e. The maximum atomic E-state index is 8.71. The first kappa shape index (κ1) is 14.4. The SMILES string of the molecule is CN(Cc1cnn(C)c1)c1ccc(/C(N)=N/O)c(Br)c1. The zero-order chi connectivity index (χ0) is 14.7. The maximum Gasteiger partial charge on any atom is 0.171 e. The van der Waals surface area contributed by atoms with Gasteiger partial charge in [-0.2, -0.15) is 5.10 Å². The Kier molecular flexibility index (Phi) is 4.29. The van der Waals surface area contributed by atoms with Gasteiger partial charge in [-0.1, -0.05) is 5.16 Å². The zero-order valence-electron chi connectivity index (χ0n) is 11.3. The van der Waals surface area contributed by atoms with Crippen molar-refractivity contribution in [3.8, 4) is 0 Å². The number of rotatable bonds is 4. The monoisotopic (exact) mass is 337 g/mol. The van der Waals surface area contributed by atoms with Crippen molar-refractivity contribution in [3.63, 3.8) is 0 Å². The molecular formula is C13H16BrN5O. The summed E-state index contributed by atoms with van der Waals surface area (Å²) in [6, 6.07) is 5.67. The van der Waals surface area contributed by atoms with E-state index in [-0.39, 0.29) is 5.84 Å². The number of oxime groups is 1. The average Bonchev–Trinajstić information content (AvgIpc) is 2.83. The second kappa shape index (κ2) is 5.96. The van der Waals surface area contributed by atoms with Crippen LogP contribution in [0.3, 0.4) is 0 Å². The smallest absolute Gasteiger partial charge is 0.171 e. The molecule has 2 rings (SSSR count). The number of hydrogen-bond acceptors (Lipinski definition) is 4. The molecule has 0 aliphatic heterocycles. The van der Waals surface area contributed by atoms with E-state index in [0.29, 0.717) is 5.56 Å². The Morgan fingerprint density at radius 2 is 2.30 bits per heavy atom. The molecule has 0 unspecified atom stereocenters. The highest BCUT2D eigenvalue weighted by molar-refractivity contribution is 9.10. The van der Waals surface area contributed by atoms with Gasteiger partial charge in [0, 0.05) is 48.1 Å². The van der Waals surface area contributed by atoms with Crippen LogP contribution in [-0.2, 0) is 13.6 Å². The molecule has 0 bridgehead atoms. The highest BCUT2D eigenvalue weighted by Crippen LogP contribution is 2.24. The van der Waals surface area contributed by atoms with Gasteiger partial charge in [-0.15, -0.1) is 0 Å². The molecule has 0 saturated heterocycles. The molecule has 1 heterocycles. The summed E-state index contributed by atoms with van der Waals surface area (Å²) in [5.74, 6) is 0.0818. The first-order chi connectivity index (χ1) is 9.51. The summed E-state index contributed by atoms with van der Waals surface area (Å²) in [5, 5.41) is 15.9. The van der Waals surface area contributed by atoms with Crippen LogP contribution in [0.1, 0.15) is 11.1 Å². The molecule has 6 nitrogen and oxygen atoms in total. The third-order valence-corrected chi connectivity index (χ3v) is 3.61. The van der Waals surface area contributed by atoms with Crippen LogP contribution < -0.4 is 10.6 Å². The van der Waals surface area contributed by atoms with Gasteiger partial charge in [0.05, 0.1) is 6.20 Å². The van der Waals surface area contributed by atoms with Gasteiger partial charge in [-0.25, -0.2) is 0 Å². The lowest BCUT2D eigenvalue weighted by molar-refractivity contribution is 0.318. The molecule has 0 fully saturated rings. The van der Waals surface area contributed by atoms with Crippen molar-refractivity contribution in [3.05, 3.63) is 46.2 Å².